The van der Waals surface area contributed by atoms with Crippen molar-refractivity contribution in [1.82, 2.24) is 14.6 Å². The van der Waals surface area contributed by atoms with Crippen molar-refractivity contribution in [3.8, 4) is 22.4 Å². The first-order valence-electron chi connectivity index (χ1n) is 8.15. The Bertz CT molecular complexity index is 1110. The topological polar surface area (TPSA) is 76.7 Å². The molecule has 2 aromatic carbocycles. The van der Waals surface area contributed by atoms with Gasteiger partial charge in [0, 0.05) is 11.8 Å². The fraction of sp³-hybridized carbons (Fsp3) is 0.0500. The van der Waals surface area contributed by atoms with Crippen molar-refractivity contribution >= 4 is 26.5 Å². The van der Waals surface area contributed by atoms with Crippen molar-refractivity contribution in [2.45, 2.75) is 0 Å². The molecule has 7 heteroatoms. The van der Waals surface area contributed by atoms with Crippen LogP contribution in [0.4, 0.5) is 0 Å². The van der Waals surface area contributed by atoms with Gasteiger partial charge in [0.15, 0.2) is 11.9 Å². The number of carbonyl (C=O) groups excluding carboxylic acids is 1. The van der Waals surface area contributed by atoms with Gasteiger partial charge in [0.25, 0.3) is 0 Å². The molecule has 1 atom stereocenters. The van der Waals surface area contributed by atoms with E-state index in [-0.39, 0.29) is 0 Å². The van der Waals surface area contributed by atoms with E-state index in [0.29, 0.717) is 11.2 Å². The molecule has 1 unspecified atom stereocenters. The Morgan fingerprint density at radius 3 is 2.30 bits per heavy atom. The summed E-state index contributed by atoms with van der Waals surface area (Å²) in [7, 11) is 3.97. The standard InChI is InChI=1S/C19H14N3OP.CH3NO/c23-12-13-11-21-22-17(9-10-20-19(13)22)15-6-2-1-5-14(15)16-7-3-4-8-18(16)24;1-2-3/h1-12H,24H2;1H3. The molecule has 27 heavy (non-hydrogen) atoms. The number of rotatable bonds is 3. The van der Waals surface area contributed by atoms with Gasteiger partial charge in [-0.2, -0.15) is 10.0 Å². The highest BCUT2D eigenvalue weighted by Crippen LogP contribution is 2.31. The Balaban J connectivity index is 0.000000659. The highest BCUT2D eigenvalue weighted by Gasteiger charge is 2.14. The van der Waals surface area contributed by atoms with Gasteiger partial charge in [-0.05, 0) is 22.5 Å². The van der Waals surface area contributed by atoms with E-state index in [1.54, 1.807) is 16.9 Å². The molecule has 0 aliphatic carbocycles. The minimum atomic E-state index is 0.487. The zero-order valence-electron chi connectivity index (χ0n) is 14.6. The fourth-order valence-electron chi connectivity index (χ4n) is 2.88. The van der Waals surface area contributed by atoms with Crippen molar-refractivity contribution in [2.24, 2.45) is 5.18 Å². The monoisotopic (exact) mass is 376 g/mol. The van der Waals surface area contributed by atoms with Crippen molar-refractivity contribution in [3.05, 3.63) is 77.5 Å². The third kappa shape index (κ3) is 3.66. The summed E-state index contributed by atoms with van der Waals surface area (Å²) in [5, 5.41) is 7.72. The normalized spacial score (nSPS) is 10.1. The Morgan fingerprint density at radius 2 is 1.63 bits per heavy atom. The smallest absolute Gasteiger partial charge is 0.166 e. The summed E-state index contributed by atoms with van der Waals surface area (Å²) in [6.07, 6.45) is 4.04. The molecule has 0 spiro atoms. The molecule has 0 amide bonds. The quantitative estimate of drug-likeness (QED) is 0.310. The highest BCUT2D eigenvalue weighted by molar-refractivity contribution is 7.28. The minimum Gasteiger partial charge on any atom is -0.298 e. The van der Waals surface area contributed by atoms with Crippen LogP contribution in [-0.4, -0.2) is 27.9 Å². The molecule has 2 aromatic heterocycles. The first-order valence-corrected chi connectivity index (χ1v) is 8.72. The van der Waals surface area contributed by atoms with Gasteiger partial charge in [-0.15, -0.1) is 9.24 Å². The maximum atomic E-state index is 11.2. The molecule has 0 saturated heterocycles. The molecule has 0 N–H and O–H groups in total. The summed E-state index contributed by atoms with van der Waals surface area (Å²) < 4.78 is 1.72. The Labute approximate surface area is 158 Å². The van der Waals surface area contributed by atoms with Gasteiger partial charge in [0.05, 0.1) is 24.5 Å². The van der Waals surface area contributed by atoms with E-state index in [0.717, 1.165) is 34.0 Å². The fourth-order valence-corrected chi connectivity index (χ4v) is 3.24. The molecule has 0 bridgehead atoms. The average molecular weight is 376 g/mol. The predicted molar refractivity (Wildman–Crippen MR) is 110 cm³/mol. The molecule has 0 radical (unpaired) electrons. The first kappa shape index (κ1) is 18.5. The molecule has 0 aliphatic rings. The van der Waals surface area contributed by atoms with Crippen LogP contribution in [0.2, 0.25) is 0 Å². The number of aromatic nitrogens is 3. The van der Waals surface area contributed by atoms with Gasteiger partial charge in [-0.1, -0.05) is 53.7 Å². The summed E-state index contributed by atoms with van der Waals surface area (Å²) in [6, 6.07) is 18.3. The first-order chi connectivity index (χ1) is 13.2. The molecule has 2 heterocycles. The number of hydrogen-bond donors (Lipinski definition) is 0. The molecule has 0 aliphatic heterocycles. The van der Waals surface area contributed by atoms with Crippen LogP contribution in [0, 0.1) is 4.91 Å². The molecule has 4 rings (SSSR count). The molecule has 6 nitrogen and oxygen atoms in total. The zero-order chi connectivity index (χ0) is 19.2. The number of nitroso groups, excluding NO2 is 1. The van der Waals surface area contributed by atoms with Crippen molar-refractivity contribution in [1.29, 1.82) is 0 Å². The number of aldehydes is 1. The van der Waals surface area contributed by atoms with Gasteiger partial charge >= 0.3 is 0 Å². The minimum absolute atomic E-state index is 0.487. The van der Waals surface area contributed by atoms with E-state index in [4.69, 9.17) is 4.91 Å². The van der Waals surface area contributed by atoms with Crippen LogP contribution in [0.15, 0.2) is 72.2 Å². The third-order valence-electron chi connectivity index (χ3n) is 4.01. The Hall–Kier alpha value is -3.24. The Kier molecular flexibility index (Phi) is 5.79. The van der Waals surface area contributed by atoms with E-state index in [1.165, 1.54) is 7.05 Å². The van der Waals surface area contributed by atoms with Crippen LogP contribution in [0.3, 0.4) is 0 Å². The van der Waals surface area contributed by atoms with E-state index in [1.807, 2.05) is 30.3 Å². The lowest BCUT2D eigenvalue weighted by Crippen LogP contribution is -2.00. The van der Waals surface area contributed by atoms with Gasteiger partial charge in [0.2, 0.25) is 0 Å². The second-order valence-corrected chi connectivity index (χ2v) is 6.22. The largest absolute Gasteiger partial charge is 0.298 e. The average Bonchev–Trinajstić information content (AvgIpc) is 3.12. The Morgan fingerprint density at radius 1 is 1.00 bits per heavy atom. The van der Waals surface area contributed by atoms with Gasteiger partial charge < -0.3 is 0 Å². The molecular formula is C20H17N4O2P. The van der Waals surface area contributed by atoms with Crippen LogP contribution in [0.1, 0.15) is 10.4 Å². The van der Waals surface area contributed by atoms with Gasteiger partial charge in [0.1, 0.15) is 0 Å². The van der Waals surface area contributed by atoms with Gasteiger partial charge in [-0.25, -0.2) is 9.50 Å². The molecule has 4 aromatic rings. The summed E-state index contributed by atoms with van der Waals surface area (Å²) >= 11 is 0. The number of nitrogens with zero attached hydrogens (tertiary/aromatic N) is 4. The zero-order valence-corrected chi connectivity index (χ0v) is 15.8. The van der Waals surface area contributed by atoms with Crippen molar-refractivity contribution in [2.75, 3.05) is 7.05 Å². The lowest BCUT2D eigenvalue weighted by molar-refractivity contribution is 0.112. The predicted octanol–water partition coefficient (Wildman–Crippen LogP) is 3.76. The SMILES string of the molecule is CN=O.O=Cc1cnn2c(-c3ccccc3-c3ccccc3P)ccnc12. The lowest BCUT2D eigenvalue weighted by Gasteiger charge is -2.13. The number of carbonyl (C=O) groups is 1. The van der Waals surface area contributed by atoms with E-state index in [9.17, 15) is 4.79 Å². The number of fused-ring (bicyclic) bond motifs is 1. The third-order valence-corrected chi connectivity index (χ3v) is 4.51. The summed E-state index contributed by atoms with van der Waals surface area (Å²) in [5.41, 5.74) is 5.25. The van der Waals surface area contributed by atoms with Crippen LogP contribution in [0.5, 0.6) is 0 Å². The van der Waals surface area contributed by atoms with Crippen LogP contribution >= 0.6 is 9.24 Å². The maximum absolute atomic E-state index is 11.2. The lowest BCUT2D eigenvalue weighted by atomic mass is 9.97. The second kappa shape index (κ2) is 8.43. The van der Waals surface area contributed by atoms with Crippen molar-refractivity contribution in [3.63, 3.8) is 0 Å². The molecule has 0 fully saturated rings. The highest BCUT2D eigenvalue weighted by atomic mass is 31.0. The number of benzene rings is 2. The second-order valence-electron chi connectivity index (χ2n) is 5.60. The van der Waals surface area contributed by atoms with Gasteiger partial charge in [-0.3, -0.25) is 4.79 Å². The maximum Gasteiger partial charge on any atom is 0.166 e. The van der Waals surface area contributed by atoms with Crippen LogP contribution in [0.25, 0.3) is 28.0 Å². The molecular weight excluding hydrogens is 359 g/mol. The van der Waals surface area contributed by atoms with E-state index < -0.39 is 0 Å². The van der Waals surface area contributed by atoms with E-state index in [2.05, 4.69) is 48.8 Å². The van der Waals surface area contributed by atoms with Crippen LogP contribution in [-0.2, 0) is 0 Å². The summed E-state index contributed by atoms with van der Waals surface area (Å²) in [6.45, 7) is 0. The molecule has 134 valence electrons. The summed E-state index contributed by atoms with van der Waals surface area (Å²) in [5.74, 6) is 0. The molecule has 0 saturated carbocycles. The van der Waals surface area contributed by atoms with Crippen LogP contribution < -0.4 is 5.30 Å². The number of hydrogen-bond acceptors (Lipinski definition) is 5. The van der Waals surface area contributed by atoms with Crippen molar-refractivity contribution < 1.29 is 4.79 Å². The van der Waals surface area contributed by atoms with E-state index >= 15 is 0 Å². The summed E-state index contributed by atoms with van der Waals surface area (Å²) in [4.78, 5) is 24.0.